The standard InChI is InChI=1S/C52H51NO10/c1-52(2,3)63-51(55)53-26-27-56-28-29-57-50-48(54)47-45(61-36-40-22-14-7-15-23-40)31-42(58-33-37-16-8-4-9-17-37)32-46(47)62-49(50)41-24-25-43(59-34-38-18-10-5-11-19-38)44(30-41)60-35-39-20-12-6-13-21-39/h4-25,30-32H,26-29,33-36H2,1-3H3,(H,53,55). The van der Waals surface area contributed by atoms with Gasteiger partial charge >= 0.3 is 6.09 Å². The van der Waals surface area contributed by atoms with Crippen LogP contribution in [0.5, 0.6) is 28.7 Å². The van der Waals surface area contributed by atoms with E-state index in [1.165, 1.54) is 0 Å². The highest BCUT2D eigenvalue weighted by Crippen LogP contribution is 2.40. The third-order valence-corrected chi connectivity index (χ3v) is 9.45. The third-order valence-electron chi connectivity index (χ3n) is 9.45. The molecule has 0 unspecified atom stereocenters. The van der Waals surface area contributed by atoms with Gasteiger partial charge in [0.25, 0.3) is 0 Å². The van der Waals surface area contributed by atoms with Gasteiger partial charge in [-0.05, 0) is 61.2 Å². The van der Waals surface area contributed by atoms with E-state index in [4.69, 9.17) is 37.6 Å². The topological polar surface area (TPSA) is 124 Å². The van der Waals surface area contributed by atoms with Crippen LogP contribution < -0.4 is 34.4 Å². The fourth-order valence-corrected chi connectivity index (χ4v) is 6.43. The van der Waals surface area contributed by atoms with E-state index in [0.717, 1.165) is 22.3 Å². The van der Waals surface area contributed by atoms with Crippen molar-refractivity contribution < 1.29 is 42.4 Å². The molecule has 0 aliphatic rings. The second-order valence-corrected chi connectivity index (χ2v) is 15.5. The molecule has 1 heterocycles. The molecule has 0 saturated carbocycles. The summed E-state index contributed by atoms with van der Waals surface area (Å²) in [4.78, 5) is 27.0. The molecule has 11 nitrogen and oxygen atoms in total. The Balaban J connectivity index is 1.24. The van der Waals surface area contributed by atoms with Crippen molar-refractivity contribution in [2.24, 2.45) is 0 Å². The Kier molecular flexibility index (Phi) is 15.0. The highest BCUT2D eigenvalue weighted by Gasteiger charge is 2.24. The quantitative estimate of drug-likeness (QED) is 0.0741. The van der Waals surface area contributed by atoms with Gasteiger partial charge in [0.1, 0.15) is 61.1 Å². The van der Waals surface area contributed by atoms with Crippen LogP contribution in [0.4, 0.5) is 4.79 Å². The molecular formula is C52H51NO10. The Hall–Kier alpha value is -7.24. The second kappa shape index (κ2) is 21.5. The zero-order chi connectivity index (χ0) is 43.9. The lowest BCUT2D eigenvalue weighted by molar-refractivity contribution is 0.0488. The minimum atomic E-state index is -0.620. The summed E-state index contributed by atoms with van der Waals surface area (Å²) >= 11 is 0. The first-order valence-electron chi connectivity index (χ1n) is 20.8. The Morgan fingerprint density at radius 1 is 0.556 bits per heavy atom. The molecule has 7 rings (SSSR count). The van der Waals surface area contributed by atoms with Crippen LogP contribution in [-0.4, -0.2) is 38.1 Å². The SMILES string of the molecule is CC(C)(C)OC(=O)NCCOCCOc1c(-c2ccc(OCc3ccccc3)c(OCc3ccccc3)c2)oc2cc(OCc3ccccc3)cc(OCc3ccccc3)c2c1=O. The molecular weight excluding hydrogens is 799 g/mol. The van der Waals surface area contributed by atoms with Crippen molar-refractivity contribution in [3.05, 3.63) is 184 Å². The minimum Gasteiger partial charge on any atom is -0.489 e. The fourth-order valence-electron chi connectivity index (χ4n) is 6.43. The predicted octanol–water partition coefficient (Wildman–Crippen LogP) is 10.7. The van der Waals surface area contributed by atoms with Crippen LogP contribution in [0.1, 0.15) is 43.0 Å². The number of benzene rings is 6. The Morgan fingerprint density at radius 3 is 1.63 bits per heavy atom. The van der Waals surface area contributed by atoms with Gasteiger partial charge in [-0.2, -0.15) is 0 Å². The van der Waals surface area contributed by atoms with Crippen LogP contribution in [0.2, 0.25) is 0 Å². The van der Waals surface area contributed by atoms with Crippen LogP contribution in [0.15, 0.2) is 161 Å². The van der Waals surface area contributed by atoms with Gasteiger partial charge in [0, 0.05) is 24.2 Å². The molecule has 63 heavy (non-hydrogen) atoms. The van der Waals surface area contributed by atoms with Crippen molar-refractivity contribution >= 4 is 17.1 Å². The summed E-state index contributed by atoms with van der Waals surface area (Å²) in [7, 11) is 0. The van der Waals surface area contributed by atoms with E-state index in [2.05, 4.69) is 5.32 Å². The molecule has 11 heteroatoms. The zero-order valence-electron chi connectivity index (χ0n) is 35.7. The number of hydrogen-bond donors (Lipinski definition) is 1. The molecule has 324 valence electrons. The van der Waals surface area contributed by atoms with Crippen LogP contribution in [0.25, 0.3) is 22.3 Å². The first-order chi connectivity index (χ1) is 30.7. The summed E-state index contributed by atoms with van der Waals surface area (Å²) in [5.74, 6) is 1.77. The number of carbonyl (C=O) groups is 1. The van der Waals surface area contributed by atoms with Gasteiger partial charge in [0.15, 0.2) is 17.3 Å². The number of ether oxygens (including phenoxy) is 7. The maximum atomic E-state index is 14.9. The Bertz CT molecular complexity index is 2590. The van der Waals surface area contributed by atoms with E-state index >= 15 is 0 Å². The van der Waals surface area contributed by atoms with Crippen molar-refractivity contribution in [3.63, 3.8) is 0 Å². The molecule has 1 N–H and O–H groups in total. The van der Waals surface area contributed by atoms with Gasteiger partial charge < -0.3 is 42.9 Å². The van der Waals surface area contributed by atoms with E-state index in [0.29, 0.717) is 29.4 Å². The molecule has 6 aromatic carbocycles. The second-order valence-electron chi connectivity index (χ2n) is 15.5. The van der Waals surface area contributed by atoms with Crippen molar-refractivity contribution in [1.82, 2.24) is 5.32 Å². The first kappa shape index (κ1) is 43.8. The minimum absolute atomic E-state index is 0.0101. The summed E-state index contributed by atoms with van der Waals surface area (Å²) in [6.45, 7) is 6.93. The van der Waals surface area contributed by atoms with Crippen LogP contribution in [0.3, 0.4) is 0 Å². The number of hydrogen-bond acceptors (Lipinski definition) is 10. The molecule has 1 aromatic heterocycles. The molecule has 0 radical (unpaired) electrons. The largest absolute Gasteiger partial charge is 0.489 e. The molecule has 7 aromatic rings. The number of rotatable bonds is 20. The number of fused-ring (bicyclic) bond motifs is 1. The van der Waals surface area contributed by atoms with Crippen LogP contribution >= 0.6 is 0 Å². The highest BCUT2D eigenvalue weighted by molar-refractivity contribution is 5.89. The first-order valence-corrected chi connectivity index (χ1v) is 20.8. The van der Waals surface area contributed by atoms with Crippen molar-refractivity contribution in [3.8, 4) is 40.1 Å². The van der Waals surface area contributed by atoms with Crippen molar-refractivity contribution in [1.29, 1.82) is 0 Å². The predicted molar refractivity (Wildman–Crippen MR) is 242 cm³/mol. The number of alkyl carbamates (subject to hydrolysis) is 1. The molecule has 0 saturated heterocycles. The average molecular weight is 850 g/mol. The summed E-state index contributed by atoms with van der Waals surface area (Å²) in [5, 5.41) is 2.85. The lowest BCUT2D eigenvalue weighted by atomic mass is 10.1. The van der Waals surface area contributed by atoms with Gasteiger partial charge in [-0.1, -0.05) is 121 Å². The fraction of sp³-hybridized carbons (Fsp3) is 0.231. The van der Waals surface area contributed by atoms with Crippen molar-refractivity contribution in [2.45, 2.75) is 52.8 Å². The number of carbonyl (C=O) groups excluding carboxylic acids is 1. The monoisotopic (exact) mass is 849 g/mol. The Morgan fingerprint density at radius 2 is 1.08 bits per heavy atom. The molecule has 0 atom stereocenters. The Labute approximate surface area is 367 Å². The average Bonchev–Trinajstić information content (AvgIpc) is 3.29. The van der Waals surface area contributed by atoms with Crippen LogP contribution in [0, 0.1) is 0 Å². The van der Waals surface area contributed by atoms with E-state index in [1.54, 1.807) is 51.1 Å². The summed E-state index contributed by atoms with van der Waals surface area (Å²) in [6, 6.07) is 47.9. The normalized spacial score (nSPS) is 11.2. The summed E-state index contributed by atoms with van der Waals surface area (Å²) in [5.41, 5.74) is 3.50. The van der Waals surface area contributed by atoms with E-state index in [-0.39, 0.29) is 74.4 Å². The third kappa shape index (κ3) is 12.9. The lowest BCUT2D eigenvalue weighted by Crippen LogP contribution is -2.34. The molecule has 0 bridgehead atoms. The number of nitrogens with one attached hydrogen (secondary N) is 1. The maximum absolute atomic E-state index is 14.9. The summed E-state index contributed by atoms with van der Waals surface area (Å²) in [6.07, 6.45) is -0.539. The highest BCUT2D eigenvalue weighted by atomic mass is 16.6. The van der Waals surface area contributed by atoms with Gasteiger partial charge in [0.2, 0.25) is 11.2 Å². The smallest absolute Gasteiger partial charge is 0.407 e. The van der Waals surface area contributed by atoms with E-state index < -0.39 is 17.1 Å². The molecule has 1 amide bonds. The summed E-state index contributed by atoms with van der Waals surface area (Å²) < 4.78 is 49.4. The molecule has 0 aliphatic carbocycles. The zero-order valence-corrected chi connectivity index (χ0v) is 35.7. The maximum Gasteiger partial charge on any atom is 0.407 e. The van der Waals surface area contributed by atoms with Gasteiger partial charge in [-0.15, -0.1) is 0 Å². The molecule has 0 spiro atoms. The van der Waals surface area contributed by atoms with Crippen LogP contribution in [-0.2, 0) is 35.9 Å². The van der Waals surface area contributed by atoms with Crippen molar-refractivity contribution in [2.75, 3.05) is 26.4 Å². The van der Waals surface area contributed by atoms with Gasteiger partial charge in [-0.25, -0.2) is 4.79 Å². The lowest BCUT2D eigenvalue weighted by Gasteiger charge is -2.19. The van der Waals surface area contributed by atoms with Gasteiger partial charge in [-0.3, -0.25) is 4.79 Å². The molecule has 0 aliphatic heterocycles. The van der Waals surface area contributed by atoms with E-state index in [9.17, 15) is 9.59 Å². The van der Waals surface area contributed by atoms with Gasteiger partial charge in [0.05, 0.1) is 13.2 Å². The molecule has 0 fully saturated rings. The number of amides is 1. The van der Waals surface area contributed by atoms with E-state index in [1.807, 2.05) is 121 Å².